The lowest BCUT2D eigenvalue weighted by atomic mass is 10.1. The molecule has 0 amide bonds. The molecule has 3 nitrogen and oxygen atoms in total. The minimum atomic E-state index is -0.740. The summed E-state index contributed by atoms with van der Waals surface area (Å²) in [4.78, 5) is 14.3. The zero-order chi connectivity index (χ0) is 11.5. The monoisotopic (exact) mass is 303 g/mol. The fourth-order valence-corrected chi connectivity index (χ4v) is 3.68. The molecular weight excluding hydrogens is 290 g/mol. The fraction of sp³-hybridized carbons (Fsp3) is 0.545. The van der Waals surface area contributed by atoms with E-state index >= 15 is 0 Å². The maximum Gasteiger partial charge on any atom is 0.326 e. The molecule has 0 aromatic carbocycles. The molecule has 0 unspecified atom stereocenters. The lowest BCUT2D eigenvalue weighted by Crippen LogP contribution is -2.37. The van der Waals surface area contributed by atoms with Crippen LogP contribution in [0.25, 0.3) is 0 Å². The number of nitrogens with zero attached hydrogens (tertiary/aromatic N) is 1. The number of carboxylic acids is 1. The van der Waals surface area contributed by atoms with Gasteiger partial charge in [0.1, 0.15) is 6.04 Å². The molecule has 1 aromatic heterocycles. The predicted octanol–water partition coefficient (Wildman–Crippen LogP) is 3.12. The SMILES string of the molecule is O=C(O)[C@@H](c1cc(Br)cs1)N1CCCCC1. The molecule has 2 rings (SSSR count). The summed E-state index contributed by atoms with van der Waals surface area (Å²) in [5.74, 6) is -0.740. The quantitative estimate of drug-likeness (QED) is 0.932. The van der Waals surface area contributed by atoms with E-state index in [1.165, 1.54) is 17.8 Å². The molecule has 5 heteroatoms. The van der Waals surface area contributed by atoms with E-state index in [0.29, 0.717) is 0 Å². The van der Waals surface area contributed by atoms with Crippen molar-refractivity contribution in [3.63, 3.8) is 0 Å². The first-order valence-electron chi connectivity index (χ1n) is 5.39. The Kier molecular flexibility index (Phi) is 4.00. The molecule has 1 atom stereocenters. The minimum absolute atomic E-state index is 0.461. The summed E-state index contributed by atoms with van der Waals surface area (Å²) in [7, 11) is 0. The highest BCUT2D eigenvalue weighted by molar-refractivity contribution is 9.10. The molecular formula is C11H14BrNO2S. The van der Waals surface area contributed by atoms with Gasteiger partial charge in [-0.25, -0.2) is 0 Å². The van der Waals surface area contributed by atoms with Crippen LogP contribution in [0.15, 0.2) is 15.9 Å². The van der Waals surface area contributed by atoms with Gasteiger partial charge in [0.2, 0.25) is 0 Å². The summed E-state index contributed by atoms with van der Waals surface area (Å²) >= 11 is 4.88. The minimum Gasteiger partial charge on any atom is -0.480 e. The first-order valence-corrected chi connectivity index (χ1v) is 7.06. The average molecular weight is 304 g/mol. The second-order valence-corrected chi connectivity index (χ2v) is 5.86. The van der Waals surface area contributed by atoms with Crippen molar-refractivity contribution < 1.29 is 9.90 Å². The van der Waals surface area contributed by atoms with Crippen LogP contribution in [0.4, 0.5) is 0 Å². The van der Waals surface area contributed by atoms with Gasteiger partial charge in [0.05, 0.1) is 0 Å². The first-order chi connectivity index (χ1) is 7.68. The Morgan fingerprint density at radius 1 is 1.44 bits per heavy atom. The third-order valence-electron chi connectivity index (χ3n) is 2.85. The third-order valence-corrected chi connectivity index (χ3v) is 4.59. The highest BCUT2D eigenvalue weighted by Gasteiger charge is 2.29. The summed E-state index contributed by atoms with van der Waals surface area (Å²) in [6.45, 7) is 1.79. The van der Waals surface area contributed by atoms with Crippen molar-refractivity contribution in [2.45, 2.75) is 25.3 Å². The number of hydrogen-bond acceptors (Lipinski definition) is 3. The largest absolute Gasteiger partial charge is 0.480 e. The summed E-state index contributed by atoms with van der Waals surface area (Å²) in [5, 5.41) is 11.3. The summed E-state index contributed by atoms with van der Waals surface area (Å²) in [6, 6.07) is 1.45. The number of rotatable bonds is 3. The average Bonchev–Trinajstić information content (AvgIpc) is 2.66. The van der Waals surface area contributed by atoms with Gasteiger partial charge in [0.25, 0.3) is 0 Å². The molecule has 1 aromatic rings. The van der Waals surface area contributed by atoms with Gasteiger partial charge in [-0.1, -0.05) is 6.42 Å². The van der Waals surface area contributed by atoms with E-state index in [9.17, 15) is 9.90 Å². The van der Waals surface area contributed by atoms with Crippen LogP contribution in [0.3, 0.4) is 0 Å². The van der Waals surface area contributed by atoms with Crippen LogP contribution < -0.4 is 0 Å². The second-order valence-electron chi connectivity index (χ2n) is 4.00. The van der Waals surface area contributed by atoms with Crippen LogP contribution in [0, 0.1) is 0 Å². The van der Waals surface area contributed by atoms with E-state index in [-0.39, 0.29) is 0 Å². The van der Waals surface area contributed by atoms with E-state index in [4.69, 9.17) is 0 Å². The van der Waals surface area contributed by atoms with Gasteiger partial charge in [-0.15, -0.1) is 11.3 Å². The fourth-order valence-electron chi connectivity index (χ4n) is 2.11. The highest BCUT2D eigenvalue weighted by Crippen LogP contribution is 2.31. The molecule has 2 heterocycles. The van der Waals surface area contributed by atoms with Crippen LogP contribution >= 0.6 is 27.3 Å². The summed E-state index contributed by atoms with van der Waals surface area (Å²) in [6.07, 6.45) is 3.43. The Bertz CT molecular complexity index is 374. The van der Waals surface area contributed by atoms with Crippen molar-refractivity contribution in [3.8, 4) is 0 Å². The second kappa shape index (κ2) is 5.29. The zero-order valence-electron chi connectivity index (χ0n) is 8.86. The third kappa shape index (κ3) is 2.64. The Morgan fingerprint density at radius 3 is 2.62 bits per heavy atom. The highest BCUT2D eigenvalue weighted by atomic mass is 79.9. The number of carbonyl (C=O) groups is 1. The molecule has 1 saturated heterocycles. The van der Waals surface area contributed by atoms with E-state index in [0.717, 1.165) is 35.3 Å². The van der Waals surface area contributed by atoms with Crippen molar-refractivity contribution >= 4 is 33.2 Å². The molecule has 0 saturated carbocycles. The number of aliphatic carboxylic acids is 1. The molecule has 88 valence electrons. The van der Waals surface area contributed by atoms with Crippen molar-refractivity contribution in [3.05, 3.63) is 20.8 Å². The van der Waals surface area contributed by atoms with Crippen LogP contribution in [0.2, 0.25) is 0 Å². The van der Waals surface area contributed by atoms with E-state index in [1.807, 2.05) is 11.4 Å². The molecule has 0 radical (unpaired) electrons. The smallest absolute Gasteiger partial charge is 0.326 e. The molecule has 1 fully saturated rings. The van der Waals surface area contributed by atoms with Gasteiger partial charge in [0, 0.05) is 14.7 Å². The Labute approximate surface area is 107 Å². The van der Waals surface area contributed by atoms with Gasteiger partial charge in [0.15, 0.2) is 0 Å². The van der Waals surface area contributed by atoms with Crippen molar-refractivity contribution in [2.75, 3.05) is 13.1 Å². The van der Waals surface area contributed by atoms with E-state index in [2.05, 4.69) is 20.8 Å². The number of piperidine rings is 1. The molecule has 0 bridgehead atoms. The first kappa shape index (κ1) is 12.1. The topological polar surface area (TPSA) is 40.5 Å². The maximum absolute atomic E-state index is 11.4. The van der Waals surface area contributed by atoms with E-state index < -0.39 is 12.0 Å². The Morgan fingerprint density at radius 2 is 2.12 bits per heavy atom. The lowest BCUT2D eigenvalue weighted by molar-refractivity contribution is -0.143. The van der Waals surface area contributed by atoms with Crippen molar-refractivity contribution in [1.29, 1.82) is 0 Å². The Balaban J connectivity index is 2.19. The predicted molar refractivity (Wildman–Crippen MR) is 67.8 cm³/mol. The van der Waals surface area contributed by atoms with Gasteiger partial charge in [-0.05, 0) is 47.9 Å². The standard InChI is InChI=1S/C11H14BrNO2S/c12-8-6-9(16-7-8)10(11(14)15)13-4-2-1-3-5-13/h6-7,10H,1-5H2,(H,14,15)/t10-/m1/s1. The maximum atomic E-state index is 11.4. The van der Waals surface area contributed by atoms with Gasteiger partial charge in [-0.2, -0.15) is 0 Å². The Hall–Kier alpha value is -0.390. The van der Waals surface area contributed by atoms with Crippen molar-refractivity contribution in [2.24, 2.45) is 0 Å². The molecule has 1 aliphatic rings. The number of carboxylic acid groups (broad SMARTS) is 1. The van der Waals surface area contributed by atoms with Crippen LogP contribution in [-0.4, -0.2) is 29.1 Å². The van der Waals surface area contributed by atoms with Gasteiger partial charge < -0.3 is 5.11 Å². The normalized spacial score (nSPS) is 19.6. The molecule has 0 spiro atoms. The van der Waals surface area contributed by atoms with Crippen molar-refractivity contribution in [1.82, 2.24) is 4.90 Å². The van der Waals surface area contributed by atoms with Gasteiger partial charge in [-0.3, -0.25) is 9.69 Å². The zero-order valence-corrected chi connectivity index (χ0v) is 11.3. The number of likely N-dealkylation sites (tertiary alicyclic amines) is 1. The van der Waals surface area contributed by atoms with Crippen LogP contribution in [0.5, 0.6) is 0 Å². The van der Waals surface area contributed by atoms with Crippen LogP contribution in [0.1, 0.15) is 30.2 Å². The molecule has 16 heavy (non-hydrogen) atoms. The summed E-state index contributed by atoms with van der Waals surface area (Å²) in [5.41, 5.74) is 0. The van der Waals surface area contributed by atoms with Gasteiger partial charge >= 0.3 is 5.97 Å². The number of hydrogen-bond donors (Lipinski definition) is 1. The number of halogens is 1. The molecule has 1 N–H and O–H groups in total. The lowest BCUT2D eigenvalue weighted by Gasteiger charge is -2.31. The van der Waals surface area contributed by atoms with Crippen LogP contribution in [-0.2, 0) is 4.79 Å². The summed E-state index contributed by atoms with van der Waals surface area (Å²) < 4.78 is 0.968. The molecule has 1 aliphatic heterocycles. The number of thiophene rings is 1. The molecule has 0 aliphatic carbocycles. The van der Waals surface area contributed by atoms with E-state index in [1.54, 1.807) is 0 Å².